The standard InChI is InChI=1S/C17H15F4NO3/c1-8-11(17(25-16(8)24)5-3-2-4-6-17)15(23)22-14-12(20)9(18)7-10(19)13(14)21/h7H,2-6H2,1H3,(H,22,23). The van der Waals surface area contributed by atoms with Gasteiger partial charge in [-0.1, -0.05) is 6.42 Å². The van der Waals surface area contributed by atoms with Crippen LogP contribution in [0, 0.1) is 23.3 Å². The Morgan fingerprint density at radius 1 is 1.08 bits per heavy atom. The number of benzene rings is 1. The van der Waals surface area contributed by atoms with Crippen molar-refractivity contribution in [3.05, 3.63) is 40.5 Å². The van der Waals surface area contributed by atoms with Crippen LogP contribution in [0.3, 0.4) is 0 Å². The third-order valence-electron chi connectivity index (χ3n) is 4.66. The first-order valence-electron chi connectivity index (χ1n) is 7.86. The molecule has 1 aromatic rings. The van der Waals surface area contributed by atoms with E-state index in [2.05, 4.69) is 0 Å². The number of halogens is 4. The van der Waals surface area contributed by atoms with Crippen LogP contribution in [0.15, 0.2) is 17.2 Å². The molecule has 2 aliphatic rings. The maximum atomic E-state index is 13.8. The Kier molecular flexibility index (Phi) is 4.30. The lowest BCUT2D eigenvalue weighted by Crippen LogP contribution is -2.39. The van der Waals surface area contributed by atoms with Crippen LogP contribution < -0.4 is 5.32 Å². The maximum Gasteiger partial charge on any atom is 0.335 e. The zero-order valence-corrected chi connectivity index (χ0v) is 13.3. The molecule has 0 saturated heterocycles. The summed E-state index contributed by atoms with van der Waals surface area (Å²) < 4.78 is 59.6. The van der Waals surface area contributed by atoms with E-state index in [1.165, 1.54) is 6.92 Å². The number of ether oxygens (including phenoxy) is 1. The van der Waals surface area contributed by atoms with Gasteiger partial charge in [0.05, 0.1) is 5.57 Å². The van der Waals surface area contributed by atoms with Crippen molar-refractivity contribution < 1.29 is 31.9 Å². The summed E-state index contributed by atoms with van der Waals surface area (Å²) in [6, 6.07) is 0.0513. The Morgan fingerprint density at radius 2 is 1.64 bits per heavy atom. The van der Waals surface area contributed by atoms with Gasteiger partial charge in [-0.25, -0.2) is 22.4 Å². The monoisotopic (exact) mass is 357 g/mol. The maximum absolute atomic E-state index is 13.8. The average molecular weight is 357 g/mol. The molecule has 1 heterocycles. The Hall–Kier alpha value is -2.38. The molecular weight excluding hydrogens is 342 g/mol. The fourth-order valence-electron chi connectivity index (χ4n) is 3.46. The summed E-state index contributed by atoms with van der Waals surface area (Å²) >= 11 is 0. The van der Waals surface area contributed by atoms with Crippen LogP contribution in [0.5, 0.6) is 0 Å². The van der Waals surface area contributed by atoms with E-state index in [4.69, 9.17) is 4.74 Å². The van der Waals surface area contributed by atoms with Gasteiger partial charge in [0, 0.05) is 11.6 Å². The van der Waals surface area contributed by atoms with Crippen LogP contribution in [0.4, 0.5) is 23.2 Å². The first-order valence-corrected chi connectivity index (χ1v) is 7.86. The molecule has 1 fully saturated rings. The summed E-state index contributed by atoms with van der Waals surface area (Å²) in [4.78, 5) is 24.5. The van der Waals surface area contributed by atoms with Crippen molar-refractivity contribution in [2.45, 2.75) is 44.6 Å². The minimum atomic E-state index is -1.71. The Morgan fingerprint density at radius 3 is 2.20 bits per heavy atom. The zero-order chi connectivity index (χ0) is 18.4. The minimum absolute atomic E-state index is 0.0251. The molecular formula is C17H15F4NO3. The Labute approximate surface area is 140 Å². The van der Waals surface area contributed by atoms with Crippen LogP contribution in [0.25, 0.3) is 0 Å². The molecule has 4 nitrogen and oxygen atoms in total. The number of esters is 1. The number of rotatable bonds is 2. The second-order valence-electron chi connectivity index (χ2n) is 6.24. The smallest absolute Gasteiger partial charge is 0.335 e. The number of amides is 1. The van der Waals surface area contributed by atoms with Crippen LogP contribution in [-0.4, -0.2) is 17.5 Å². The molecule has 0 atom stereocenters. The quantitative estimate of drug-likeness (QED) is 0.498. The zero-order valence-electron chi connectivity index (χ0n) is 13.3. The number of nitrogens with one attached hydrogen (secondary N) is 1. The van der Waals surface area contributed by atoms with Gasteiger partial charge in [-0.15, -0.1) is 0 Å². The van der Waals surface area contributed by atoms with E-state index in [-0.39, 0.29) is 17.2 Å². The number of hydrogen-bond acceptors (Lipinski definition) is 3. The molecule has 1 aliphatic carbocycles. The molecule has 0 unspecified atom stereocenters. The predicted octanol–water partition coefficient (Wildman–Crippen LogP) is 3.76. The number of carbonyl (C=O) groups is 2. The molecule has 1 aliphatic heterocycles. The Bertz CT molecular complexity index is 771. The molecule has 1 spiro atoms. The fraction of sp³-hybridized carbons (Fsp3) is 0.412. The van der Waals surface area contributed by atoms with Gasteiger partial charge < -0.3 is 10.1 Å². The highest BCUT2D eigenvalue weighted by Gasteiger charge is 2.49. The van der Waals surface area contributed by atoms with Crippen molar-refractivity contribution in [1.82, 2.24) is 0 Å². The van der Waals surface area contributed by atoms with Crippen molar-refractivity contribution in [2.75, 3.05) is 5.32 Å². The van der Waals surface area contributed by atoms with Crippen LogP contribution in [-0.2, 0) is 14.3 Å². The lowest BCUT2D eigenvalue weighted by Gasteiger charge is -2.34. The van der Waals surface area contributed by atoms with Crippen molar-refractivity contribution in [3.63, 3.8) is 0 Å². The second kappa shape index (κ2) is 6.16. The topological polar surface area (TPSA) is 55.4 Å². The summed E-state index contributed by atoms with van der Waals surface area (Å²) in [7, 11) is 0. The van der Waals surface area contributed by atoms with E-state index in [0.717, 1.165) is 6.42 Å². The van der Waals surface area contributed by atoms with Crippen molar-refractivity contribution in [2.24, 2.45) is 0 Å². The molecule has 1 N–H and O–H groups in total. The molecule has 8 heteroatoms. The number of anilines is 1. The number of carbonyl (C=O) groups excluding carboxylic acids is 2. The van der Waals surface area contributed by atoms with Gasteiger partial charge in [-0.2, -0.15) is 0 Å². The van der Waals surface area contributed by atoms with Gasteiger partial charge in [0.2, 0.25) is 0 Å². The highest BCUT2D eigenvalue weighted by atomic mass is 19.2. The minimum Gasteiger partial charge on any atom is -0.451 e. The first-order chi connectivity index (χ1) is 11.8. The van der Waals surface area contributed by atoms with E-state index >= 15 is 0 Å². The molecule has 1 saturated carbocycles. The average Bonchev–Trinajstić information content (AvgIpc) is 2.80. The summed E-state index contributed by atoms with van der Waals surface area (Å²) in [6.45, 7) is 1.37. The van der Waals surface area contributed by atoms with E-state index in [1.807, 2.05) is 5.32 Å². The van der Waals surface area contributed by atoms with Gasteiger partial charge in [0.15, 0.2) is 23.3 Å². The summed E-state index contributed by atoms with van der Waals surface area (Å²) in [5.74, 6) is -8.38. The highest BCUT2D eigenvalue weighted by molar-refractivity contribution is 6.12. The predicted molar refractivity (Wildman–Crippen MR) is 79.5 cm³/mol. The first kappa shape index (κ1) is 17.4. The van der Waals surface area contributed by atoms with Crippen molar-refractivity contribution in [3.8, 4) is 0 Å². The molecule has 1 aromatic carbocycles. The SMILES string of the molecule is CC1=C(C(=O)Nc2c(F)c(F)cc(F)c2F)C2(CCCCC2)OC1=O. The highest BCUT2D eigenvalue weighted by Crippen LogP contribution is 2.44. The van der Waals surface area contributed by atoms with Crippen molar-refractivity contribution in [1.29, 1.82) is 0 Å². The van der Waals surface area contributed by atoms with E-state index < -0.39 is 46.4 Å². The third kappa shape index (κ3) is 2.79. The molecule has 1 amide bonds. The van der Waals surface area contributed by atoms with Crippen molar-refractivity contribution >= 4 is 17.6 Å². The summed E-state index contributed by atoms with van der Waals surface area (Å²) in [5.41, 5.74) is -2.40. The lowest BCUT2D eigenvalue weighted by atomic mass is 9.78. The van der Waals surface area contributed by atoms with E-state index in [9.17, 15) is 27.2 Å². The van der Waals surface area contributed by atoms with Gasteiger partial charge in [-0.3, -0.25) is 4.79 Å². The van der Waals surface area contributed by atoms with E-state index in [0.29, 0.717) is 25.7 Å². The molecule has 25 heavy (non-hydrogen) atoms. The molecule has 3 rings (SSSR count). The number of hydrogen-bond donors (Lipinski definition) is 1. The Balaban J connectivity index is 1.99. The second-order valence-corrected chi connectivity index (χ2v) is 6.24. The summed E-state index contributed by atoms with van der Waals surface area (Å²) in [5, 5.41) is 1.87. The fourth-order valence-corrected chi connectivity index (χ4v) is 3.46. The van der Waals surface area contributed by atoms with Gasteiger partial charge in [0.1, 0.15) is 11.3 Å². The van der Waals surface area contributed by atoms with Crippen LogP contribution >= 0.6 is 0 Å². The third-order valence-corrected chi connectivity index (χ3v) is 4.66. The molecule has 0 radical (unpaired) electrons. The van der Waals surface area contributed by atoms with E-state index in [1.54, 1.807) is 0 Å². The molecule has 0 bridgehead atoms. The largest absolute Gasteiger partial charge is 0.451 e. The molecule has 0 aromatic heterocycles. The summed E-state index contributed by atoms with van der Waals surface area (Å²) in [6.07, 6.45) is 3.15. The molecule has 134 valence electrons. The van der Waals surface area contributed by atoms with Crippen LogP contribution in [0.1, 0.15) is 39.0 Å². The van der Waals surface area contributed by atoms with Gasteiger partial charge >= 0.3 is 5.97 Å². The normalized spacial score (nSPS) is 19.3. The van der Waals surface area contributed by atoms with Crippen LogP contribution in [0.2, 0.25) is 0 Å². The van der Waals surface area contributed by atoms with Gasteiger partial charge in [0.25, 0.3) is 5.91 Å². The lowest BCUT2D eigenvalue weighted by molar-refractivity contribution is -0.149. The van der Waals surface area contributed by atoms with Gasteiger partial charge in [-0.05, 0) is 32.6 Å².